The van der Waals surface area contributed by atoms with Crippen molar-refractivity contribution >= 4 is 15.9 Å². The molecule has 19 heavy (non-hydrogen) atoms. The molecule has 0 heterocycles. The Morgan fingerprint density at radius 1 is 1.47 bits per heavy atom. The molecular formula is C11H16FN3O3S. The average Bonchev–Trinajstić information content (AvgIpc) is 2.27. The van der Waals surface area contributed by atoms with E-state index in [1.165, 1.54) is 6.92 Å². The lowest BCUT2D eigenvalue weighted by molar-refractivity contribution is -0.118. The fraction of sp³-hybridized carbons (Fsp3) is 0.364. The number of primary amides is 1. The van der Waals surface area contributed by atoms with Gasteiger partial charge >= 0.3 is 0 Å². The molecule has 106 valence electrons. The molecular weight excluding hydrogens is 273 g/mol. The third-order valence-electron chi connectivity index (χ3n) is 2.41. The fourth-order valence-corrected chi connectivity index (χ4v) is 2.84. The van der Waals surface area contributed by atoms with Gasteiger partial charge in [-0.2, -0.15) is 0 Å². The maximum atomic E-state index is 13.2. The smallest absolute Gasteiger partial charge is 0.240 e. The highest BCUT2D eigenvalue weighted by molar-refractivity contribution is 7.89. The summed E-state index contributed by atoms with van der Waals surface area (Å²) in [5.41, 5.74) is 10.4. The van der Waals surface area contributed by atoms with Crippen LogP contribution in [-0.2, 0) is 21.4 Å². The highest BCUT2D eigenvalue weighted by Crippen LogP contribution is 2.15. The van der Waals surface area contributed by atoms with Crippen LogP contribution in [0, 0.1) is 5.82 Å². The van der Waals surface area contributed by atoms with Crippen molar-refractivity contribution in [3.8, 4) is 0 Å². The second-order valence-corrected chi connectivity index (χ2v) is 5.86. The number of carbonyl (C=O) groups excluding carboxylic acids is 1. The number of hydrogen-bond donors (Lipinski definition) is 3. The summed E-state index contributed by atoms with van der Waals surface area (Å²) in [5, 5.41) is 0. The van der Waals surface area contributed by atoms with Crippen molar-refractivity contribution in [3.63, 3.8) is 0 Å². The van der Waals surface area contributed by atoms with Gasteiger partial charge in [-0.25, -0.2) is 17.5 Å². The van der Waals surface area contributed by atoms with Crippen LogP contribution in [0.2, 0.25) is 0 Å². The minimum Gasteiger partial charge on any atom is -0.370 e. The van der Waals surface area contributed by atoms with Crippen LogP contribution in [0.3, 0.4) is 0 Å². The Kier molecular flexibility index (Phi) is 4.98. The Balaban J connectivity index is 2.97. The average molecular weight is 289 g/mol. The van der Waals surface area contributed by atoms with Crippen LogP contribution in [0.1, 0.15) is 18.9 Å². The maximum absolute atomic E-state index is 13.2. The Bertz CT molecular complexity index is 575. The zero-order valence-electron chi connectivity index (χ0n) is 10.4. The van der Waals surface area contributed by atoms with Gasteiger partial charge in [0.1, 0.15) is 5.82 Å². The molecule has 8 heteroatoms. The molecule has 1 aromatic carbocycles. The molecule has 0 bridgehead atoms. The summed E-state index contributed by atoms with van der Waals surface area (Å²) in [5.74, 6) is -1.18. The van der Waals surface area contributed by atoms with E-state index in [1.807, 2.05) is 0 Å². The van der Waals surface area contributed by atoms with Crippen LogP contribution in [0.4, 0.5) is 4.39 Å². The first-order valence-electron chi connectivity index (χ1n) is 5.55. The summed E-state index contributed by atoms with van der Waals surface area (Å²) < 4.78 is 39.5. The molecule has 0 saturated carbocycles. The van der Waals surface area contributed by atoms with E-state index in [0.717, 1.165) is 18.2 Å². The van der Waals surface area contributed by atoms with Crippen molar-refractivity contribution in [3.05, 3.63) is 29.6 Å². The van der Waals surface area contributed by atoms with Crippen molar-refractivity contribution in [1.29, 1.82) is 0 Å². The molecule has 1 amide bonds. The van der Waals surface area contributed by atoms with Crippen molar-refractivity contribution < 1.29 is 17.6 Å². The third-order valence-corrected chi connectivity index (χ3v) is 4.00. The number of rotatable bonds is 6. The lowest BCUT2D eigenvalue weighted by atomic mass is 10.2. The summed E-state index contributed by atoms with van der Waals surface area (Å²) >= 11 is 0. The lowest BCUT2D eigenvalue weighted by Gasteiger charge is -2.13. The monoisotopic (exact) mass is 289 g/mol. The number of hydrogen-bond acceptors (Lipinski definition) is 4. The zero-order valence-corrected chi connectivity index (χ0v) is 11.2. The number of carbonyl (C=O) groups is 1. The maximum Gasteiger partial charge on any atom is 0.240 e. The Morgan fingerprint density at radius 2 is 2.11 bits per heavy atom. The molecule has 1 unspecified atom stereocenters. The van der Waals surface area contributed by atoms with Crippen LogP contribution in [-0.4, -0.2) is 20.4 Å². The van der Waals surface area contributed by atoms with Gasteiger partial charge in [0.05, 0.1) is 4.90 Å². The normalized spacial score (nSPS) is 13.2. The Labute approximate surface area is 111 Å². The van der Waals surface area contributed by atoms with Crippen LogP contribution in [0.25, 0.3) is 0 Å². The van der Waals surface area contributed by atoms with E-state index in [1.54, 1.807) is 0 Å². The van der Waals surface area contributed by atoms with Crippen molar-refractivity contribution in [2.75, 3.05) is 0 Å². The summed E-state index contributed by atoms with van der Waals surface area (Å²) in [4.78, 5) is 10.6. The molecule has 1 rings (SSSR count). The van der Waals surface area contributed by atoms with E-state index in [2.05, 4.69) is 4.72 Å². The molecule has 0 saturated heterocycles. The van der Waals surface area contributed by atoms with Gasteiger partial charge in [-0.15, -0.1) is 0 Å². The topological polar surface area (TPSA) is 115 Å². The molecule has 0 spiro atoms. The standard InChI is InChI=1S/C11H16FN3O3S/c1-7(4-11(14)16)15-19(17,18)9-2-3-10(12)8(5-9)6-13/h2-3,5,7,15H,4,6,13H2,1H3,(H2,14,16). The highest BCUT2D eigenvalue weighted by Gasteiger charge is 2.19. The van der Waals surface area contributed by atoms with E-state index >= 15 is 0 Å². The minimum atomic E-state index is -3.83. The van der Waals surface area contributed by atoms with Gasteiger partial charge in [0.25, 0.3) is 0 Å². The van der Waals surface area contributed by atoms with E-state index in [9.17, 15) is 17.6 Å². The summed E-state index contributed by atoms with van der Waals surface area (Å²) in [6, 6.07) is 2.69. The van der Waals surface area contributed by atoms with Crippen molar-refractivity contribution in [2.24, 2.45) is 11.5 Å². The second kappa shape index (κ2) is 6.09. The number of nitrogens with one attached hydrogen (secondary N) is 1. The molecule has 5 N–H and O–H groups in total. The number of amides is 1. The van der Waals surface area contributed by atoms with Crippen molar-refractivity contribution in [2.45, 2.75) is 30.8 Å². The SMILES string of the molecule is CC(CC(N)=O)NS(=O)(=O)c1ccc(F)c(CN)c1. The van der Waals surface area contributed by atoms with Gasteiger partial charge < -0.3 is 11.5 Å². The molecule has 0 aliphatic carbocycles. The third kappa shape index (κ3) is 4.27. The van der Waals surface area contributed by atoms with Crippen LogP contribution < -0.4 is 16.2 Å². The molecule has 0 aliphatic rings. The van der Waals surface area contributed by atoms with Crippen LogP contribution in [0.5, 0.6) is 0 Å². The molecule has 0 radical (unpaired) electrons. The first kappa shape index (κ1) is 15.5. The summed E-state index contributed by atoms with van der Waals surface area (Å²) in [6.07, 6.45) is -0.121. The highest BCUT2D eigenvalue weighted by atomic mass is 32.2. The van der Waals surface area contributed by atoms with Gasteiger partial charge in [0.15, 0.2) is 0 Å². The first-order chi connectivity index (χ1) is 8.76. The van der Waals surface area contributed by atoms with Gasteiger partial charge in [-0.1, -0.05) is 0 Å². The van der Waals surface area contributed by atoms with E-state index in [-0.39, 0.29) is 23.4 Å². The van der Waals surface area contributed by atoms with E-state index < -0.39 is 27.8 Å². The lowest BCUT2D eigenvalue weighted by Crippen LogP contribution is -2.35. The molecule has 6 nitrogen and oxygen atoms in total. The van der Waals surface area contributed by atoms with Gasteiger partial charge in [0, 0.05) is 24.6 Å². The number of nitrogens with two attached hydrogens (primary N) is 2. The van der Waals surface area contributed by atoms with Crippen LogP contribution in [0.15, 0.2) is 23.1 Å². The van der Waals surface area contributed by atoms with E-state index in [0.29, 0.717) is 0 Å². The largest absolute Gasteiger partial charge is 0.370 e. The predicted molar refractivity (Wildman–Crippen MR) is 67.9 cm³/mol. The quantitative estimate of drug-likeness (QED) is 0.674. The molecule has 1 aromatic rings. The Morgan fingerprint density at radius 3 is 2.63 bits per heavy atom. The van der Waals surface area contributed by atoms with Crippen LogP contribution >= 0.6 is 0 Å². The zero-order chi connectivity index (χ0) is 14.6. The first-order valence-corrected chi connectivity index (χ1v) is 7.03. The molecule has 1 atom stereocenters. The number of halogens is 1. The van der Waals surface area contributed by atoms with Crippen molar-refractivity contribution in [1.82, 2.24) is 4.72 Å². The predicted octanol–water partition coefficient (Wildman–Crippen LogP) is -0.173. The van der Waals surface area contributed by atoms with Gasteiger partial charge in [-0.05, 0) is 25.1 Å². The number of sulfonamides is 1. The Hall–Kier alpha value is -1.51. The van der Waals surface area contributed by atoms with Gasteiger partial charge in [0.2, 0.25) is 15.9 Å². The molecule has 0 aliphatic heterocycles. The molecule has 0 aromatic heterocycles. The minimum absolute atomic E-state index is 0.102. The molecule has 0 fully saturated rings. The summed E-state index contributed by atoms with van der Waals surface area (Å²) in [7, 11) is -3.83. The van der Waals surface area contributed by atoms with E-state index in [4.69, 9.17) is 11.5 Å². The number of benzene rings is 1. The fourth-order valence-electron chi connectivity index (χ4n) is 1.55. The summed E-state index contributed by atoms with van der Waals surface area (Å²) in [6.45, 7) is 1.40. The van der Waals surface area contributed by atoms with Gasteiger partial charge in [-0.3, -0.25) is 4.79 Å². The second-order valence-electron chi connectivity index (χ2n) is 4.15.